The third kappa shape index (κ3) is 4.20. The van der Waals surface area contributed by atoms with Crippen molar-refractivity contribution in [3.8, 4) is 11.5 Å². The van der Waals surface area contributed by atoms with Gasteiger partial charge in [0.25, 0.3) is 10.1 Å². The van der Waals surface area contributed by atoms with Crippen molar-refractivity contribution in [2.75, 3.05) is 13.2 Å². The van der Waals surface area contributed by atoms with E-state index in [9.17, 15) is 8.42 Å². The zero-order valence-electron chi connectivity index (χ0n) is 14.3. The third-order valence-corrected chi connectivity index (χ3v) is 5.40. The maximum Gasteiger partial charge on any atom is 0.297 e. The van der Waals surface area contributed by atoms with Crippen LogP contribution >= 0.6 is 11.6 Å². The number of halogens is 1. The molecule has 0 N–H and O–H groups in total. The predicted molar refractivity (Wildman–Crippen MR) is 99.6 cm³/mol. The van der Waals surface area contributed by atoms with E-state index in [0.29, 0.717) is 22.9 Å². The smallest absolute Gasteiger partial charge is 0.297 e. The first-order valence-electron chi connectivity index (χ1n) is 8.08. The molecule has 0 aromatic heterocycles. The van der Waals surface area contributed by atoms with Crippen LogP contribution in [0.15, 0.2) is 53.9 Å². The Morgan fingerprint density at radius 2 is 2.04 bits per heavy atom. The summed E-state index contributed by atoms with van der Waals surface area (Å²) in [5, 5.41) is 0.542. The van der Waals surface area contributed by atoms with Crippen molar-refractivity contribution < 1.29 is 22.1 Å². The Hall–Kier alpha value is -2.02. The summed E-state index contributed by atoms with van der Waals surface area (Å²) in [4.78, 5) is 0.111. The molecular weight excluding hydrogens is 376 g/mol. The molecular formula is C19H19ClO5S. The van der Waals surface area contributed by atoms with E-state index in [2.05, 4.69) is 6.58 Å². The van der Waals surface area contributed by atoms with E-state index < -0.39 is 16.2 Å². The lowest BCUT2D eigenvalue weighted by Crippen LogP contribution is -2.34. The summed E-state index contributed by atoms with van der Waals surface area (Å²) < 4.78 is 41.3. The Morgan fingerprint density at radius 1 is 1.31 bits per heavy atom. The Labute approximate surface area is 158 Å². The number of hydrogen-bond acceptors (Lipinski definition) is 5. The SMILES string of the molecule is C=CCc1cc(Cl)cc2c1OC(COS(=O)(=O)c1ccc(C)cc1)CO2. The van der Waals surface area contributed by atoms with Gasteiger partial charge in [0.1, 0.15) is 13.2 Å². The van der Waals surface area contributed by atoms with E-state index in [1.807, 2.05) is 6.92 Å². The molecule has 0 radical (unpaired) electrons. The fourth-order valence-corrected chi connectivity index (χ4v) is 3.74. The molecule has 0 bridgehead atoms. The second kappa shape index (κ2) is 7.70. The first-order chi connectivity index (χ1) is 12.4. The van der Waals surface area contributed by atoms with Gasteiger partial charge in [0, 0.05) is 16.7 Å². The number of rotatable bonds is 6. The summed E-state index contributed by atoms with van der Waals surface area (Å²) in [6.07, 6.45) is 1.74. The van der Waals surface area contributed by atoms with Gasteiger partial charge in [0.15, 0.2) is 17.6 Å². The summed E-state index contributed by atoms with van der Waals surface area (Å²) in [5.41, 5.74) is 1.80. The van der Waals surface area contributed by atoms with Crippen LogP contribution in [0, 0.1) is 6.92 Å². The fourth-order valence-electron chi connectivity index (χ4n) is 2.57. The molecule has 1 atom stereocenters. The molecule has 0 saturated carbocycles. The largest absolute Gasteiger partial charge is 0.486 e. The second-order valence-corrected chi connectivity index (χ2v) is 8.04. The normalized spacial score (nSPS) is 16.3. The minimum absolute atomic E-state index is 0.111. The van der Waals surface area contributed by atoms with Gasteiger partial charge in [-0.15, -0.1) is 6.58 Å². The zero-order chi connectivity index (χ0) is 18.7. The Morgan fingerprint density at radius 3 is 2.73 bits per heavy atom. The molecule has 138 valence electrons. The van der Waals surface area contributed by atoms with Gasteiger partial charge in [-0.3, -0.25) is 4.18 Å². The van der Waals surface area contributed by atoms with Gasteiger partial charge in [-0.1, -0.05) is 35.4 Å². The number of fused-ring (bicyclic) bond motifs is 1. The van der Waals surface area contributed by atoms with Gasteiger partial charge < -0.3 is 9.47 Å². The summed E-state index contributed by atoms with van der Waals surface area (Å²) in [6.45, 7) is 5.63. The molecule has 1 aliphatic heterocycles. The zero-order valence-corrected chi connectivity index (χ0v) is 15.8. The molecule has 0 aliphatic carbocycles. The molecule has 2 aromatic carbocycles. The maximum absolute atomic E-state index is 12.3. The molecule has 2 aromatic rings. The van der Waals surface area contributed by atoms with Crippen molar-refractivity contribution in [1.82, 2.24) is 0 Å². The van der Waals surface area contributed by atoms with Crippen LogP contribution in [0.3, 0.4) is 0 Å². The molecule has 0 spiro atoms. The van der Waals surface area contributed by atoms with Crippen molar-refractivity contribution >= 4 is 21.7 Å². The highest BCUT2D eigenvalue weighted by Gasteiger charge is 2.26. The molecule has 0 fully saturated rings. The summed E-state index contributed by atoms with van der Waals surface area (Å²) in [7, 11) is -3.85. The van der Waals surface area contributed by atoms with Crippen molar-refractivity contribution in [3.05, 3.63) is 65.2 Å². The first-order valence-corrected chi connectivity index (χ1v) is 9.86. The lowest BCUT2D eigenvalue weighted by atomic mass is 10.1. The highest BCUT2D eigenvalue weighted by Crippen LogP contribution is 2.38. The van der Waals surface area contributed by atoms with Crippen molar-refractivity contribution in [2.24, 2.45) is 0 Å². The van der Waals surface area contributed by atoms with Crippen LogP contribution in [0.1, 0.15) is 11.1 Å². The molecule has 5 nitrogen and oxygen atoms in total. The van der Waals surface area contributed by atoms with Gasteiger partial charge in [-0.25, -0.2) is 0 Å². The molecule has 0 saturated heterocycles. The molecule has 3 rings (SSSR count). The second-order valence-electron chi connectivity index (χ2n) is 5.99. The lowest BCUT2D eigenvalue weighted by Gasteiger charge is -2.28. The monoisotopic (exact) mass is 394 g/mol. The van der Waals surface area contributed by atoms with Crippen LogP contribution in [0.4, 0.5) is 0 Å². The van der Waals surface area contributed by atoms with Gasteiger partial charge in [-0.2, -0.15) is 8.42 Å². The first kappa shape index (κ1) is 18.8. The van der Waals surface area contributed by atoms with E-state index in [-0.39, 0.29) is 18.1 Å². The van der Waals surface area contributed by atoms with Crippen LogP contribution in [0.5, 0.6) is 11.5 Å². The maximum atomic E-state index is 12.3. The molecule has 1 unspecified atom stereocenters. The molecule has 7 heteroatoms. The summed E-state index contributed by atoms with van der Waals surface area (Å²) >= 11 is 6.08. The predicted octanol–water partition coefficient (Wildman–Crippen LogP) is 3.92. The Bertz CT molecular complexity index is 906. The molecule has 1 heterocycles. The molecule has 1 aliphatic rings. The quantitative estimate of drug-likeness (QED) is 0.549. The van der Waals surface area contributed by atoms with E-state index in [1.54, 1.807) is 30.3 Å². The summed E-state index contributed by atoms with van der Waals surface area (Å²) in [6, 6.07) is 9.92. The van der Waals surface area contributed by atoms with Crippen molar-refractivity contribution in [2.45, 2.75) is 24.3 Å². The topological polar surface area (TPSA) is 61.8 Å². The number of allylic oxidation sites excluding steroid dienone is 1. The number of hydrogen-bond donors (Lipinski definition) is 0. The van der Waals surface area contributed by atoms with Crippen molar-refractivity contribution in [1.29, 1.82) is 0 Å². The van der Waals surface area contributed by atoms with Crippen LogP contribution in [0.2, 0.25) is 5.02 Å². The van der Waals surface area contributed by atoms with E-state index in [1.165, 1.54) is 12.1 Å². The average molecular weight is 395 g/mol. The van der Waals surface area contributed by atoms with Gasteiger partial charge >= 0.3 is 0 Å². The Kier molecular flexibility index (Phi) is 5.55. The Balaban J connectivity index is 1.71. The molecule has 26 heavy (non-hydrogen) atoms. The highest BCUT2D eigenvalue weighted by atomic mass is 35.5. The van der Waals surface area contributed by atoms with Crippen LogP contribution in [-0.2, 0) is 20.7 Å². The van der Waals surface area contributed by atoms with Crippen LogP contribution in [0.25, 0.3) is 0 Å². The number of benzene rings is 2. The minimum Gasteiger partial charge on any atom is -0.486 e. The van der Waals surface area contributed by atoms with Crippen molar-refractivity contribution in [3.63, 3.8) is 0 Å². The van der Waals surface area contributed by atoms with Gasteiger partial charge in [0.05, 0.1) is 4.90 Å². The highest BCUT2D eigenvalue weighted by molar-refractivity contribution is 7.86. The van der Waals surface area contributed by atoms with Crippen LogP contribution in [-0.4, -0.2) is 27.7 Å². The number of aryl methyl sites for hydroxylation is 1. The average Bonchev–Trinajstić information content (AvgIpc) is 2.61. The minimum atomic E-state index is -3.85. The standard InChI is InChI=1S/C19H19ClO5S/c1-3-4-14-9-15(20)10-18-19(14)25-16(11-23-18)12-24-26(21,22)17-7-5-13(2)6-8-17/h3,5-10,16H,1,4,11-12H2,2H3. The van der Waals surface area contributed by atoms with E-state index >= 15 is 0 Å². The van der Waals surface area contributed by atoms with Crippen LogP contribution < -0.4 is 9.47 Å². The fraction of sp³-hybridized carbons (Fsp3) is 0.263. The van der Waals surface area contributed by atoms with E-state index in [4.69, 9.17) is 25.3 Å². The van der Waals surface area contributed by atoms with Gasteiger partial charge in [0.2, 0.25) is 0 Å². The third-order valence-electron chi connectivity index (χ3n) is 3.89. The number of ether oxygens (including phenoxy) is 2. The summed E-state index contributed by atoms with van der Waals surface area (Å²) in [5.74, 6) is 1.08. The van der Waals surface area contributed by atoms with E-state index in [0.717, 1.165) is 11.1 Å². The van der Waals surface area contributed by atoms with Gasteiger partial charge in [-0.05, 0) is 31.5 Å². The lowest BCUT2D eigenvalue weighted by molar-refractivity contribution is 0.0546. The molecule has 0 amide bonds.